The number of nitrogens with zero attached hydrogens (tertiary/aromatic N) is 1. The summed E-state index contributed by atoms with van der Waals surface area (Å²) in [6.07, 6.45) is 0. The largest absolute Gasteiger partial charge is 0.397 e. The number of aliphatic hydroxyl groups is 1. The molecule has 0 aromatic heterocycles. The lowest BCUT2D eigenvalue weighted by Crippen LogP contribution is -2.30. The van der Waals surface area contributed by atoms with Gasteiger partial charge in [0.1, 0.15) is 0 Å². The van der Waals surface area contributed by atoms with Crippen LogP contribution in [0, 0.1) is 0 Å². The van der Waals surface area contributed by atoms with Crippen LogP contribution in [0.4, 0.5) is 0 Å². The summed E-state index contributed by atoms with van der Waals surface area (Å²) in [5.74, 6) is 0. The monoisotopic (exact) mass is 254 g/mol. The zero-order valence-electron chi connectivity index (χ0n) is 12.8. The van der Waals surface area contributed by atoms with E-state index in [1.807, 2.05) is 27.7 Å². The van der Waals surface area contributed by atoms with Crippen LogP contribution in [0.25, 0.3) is 0 Å². The average molecular weight is 254 g/mol. The number of nitrogens with two attached hydrogens (primary N) is 1. The molecule has 3 nitrogen and oxygen atoms in total. The Balaban J connectivity index is -0.0000000864. The van der Waals surface area contributed by atoms with Gasteiger partial charge in [-0.2, -0.15) is 0 Å². The highest BCUT2D eigenvalue weighted by Crippen LogP contribution is 2.16. The fraction of sp³-hybridized carbons (Fsp3) is 1.00. The molecule has 104 valence electrons. The van der Waals surface area contributed by atoms with Crippen molar-refractivity contribution in [3.05, 3.63) is 0 Å². The molecule has 0 aliphatic carbocycles. The maximum Gasteiger partial charge on any atom is 0.0402 e. The summed E-state index contributed by atoms with van der Waals surface area (Å²) in [5.41, 5.74) is 5.53. The Morgan fingerprint density at radius 2 is 1.19 bits per heavy atom. The first-order chi connectivity index (χ1) is 7.51. The zero-order chi connectivity index (χ0) is 14.1. The van der Waals surface area contributed by atoms with Gasteiger partial charge in [-0.15, -0.1) is 0 Å². The fourth-order valence-electron chi connectivity index (χ4n) is 0.894. The van der Waals surface area contributed by atoms with Crippen molar-refractivity contribution < 1.29 is 5.11 Å². The Morgan fingerprint density at radius 1 is 1.00 bits per heavy atom. The molecule has 0 saturated heterocycles. The van der Waals surface area contributed by atoms with E-state index in [0.29, 0.717) is 21.0 Å². The molecule has 1 atom stereocenters. The quantitative estimate of drug-likeness (QED) is 0.756. The average Bonchev–Trinajstić information content (AvgIpc) is 2.24. The van der Waals surface area contributed by atoms with Crippen LogP contribution in [0.5, 0.6) is 0 Å². The maximum absolute atomic E-state index is 7.57. The number of hydrogen-bond acceptors (Lipinski definition) is 3. The third-order valence-electron chi connectivity index (χ3n) is 1.26. The lowest BCUT2D eigenvalue weighted by Gasteiger charge is -2.27. The van der Waals surface area contributed by atoms with E-state index in [0.717, 1.165) is 0 Å². The minimum absolute atomic E-state index is 0.250. The van der Waals surface area contributed by atoms with Crippen molar-refractivity contribution in [2.75, 3.05) is 6.61 Å². The van der Waals surface area contributed by atoms with Gasteiger partial charge in [0.05, 0.1) is 0 Å². The lowest BCUT2D eigenvalue weighted by molar-refractivity contribution is 0.318. The molecule has 0 fully saturated rings. The summed E-state index contributed by atoms with van der Waals surface area (Å²) in [7, 11) is 0.443. The van der Waals surface area contributed by atoms with Crippen LogP contribution in [0.3, 0.4) is 0 Å². The molecule has 0 aliphatic rings. The molecular formula is C12H35N2OP. The van der Waals surface area contributed by atoms with Gasteiger partial charge in [0.2, 0.25) is 0 Å². The van der Waals surface area contributed by atoms with Crippen molar-refractivity contribution in [3.8, 4) is 0 Å². The molecule has 0 spiro atoms. The van der Waals surface area contributed by atoms with Gasteiger partial charge in [-0.25, -0.2) is 0 Å². The van der Waals surface area contributed by atoms with E-state index in [1.165, 1.54) is 0 Å². The van der Waals surface area contributed by atoms with Gasteiger partial charge in [0.15, 0.2) is 0 Å². The van der Waals surface area contributed by atoms with Gasteiger partial charge in [0, 0.05) is 27.6 Å². The van der Waals surface area contributed by atoms with Gasteiger partial charge < -0.3 is 5.11 Å². The Hall–Kier alpha value is 0.310. The van der Waals surface area contributed by atoms with Crippen molar-refractivity contribution in [1.82, 2.24) is 4.67 Å². The molecule has 1 unspecified atom stereocenters. The maximum atomic E-state index is 7.57. The number of rotatable bonds is 3. The predicted molar refractivity (Wildman–Crippen MR) is 80.1 cm³/mol. The van der Waals surface area contributed by atoms with Crippen molar-refractivity contribution in [1.29, 1.82) is 0 Å². The molecule has 0 amide bonds. The van der Waals surface area contributed by atoms with Crippen LogP contribution < -0.4 is 5.50 Å². The predicted octanol–water partition coefficient (Wildman–Crippen LogP) is 3.62. The molecule has 0 radical (unpaired) electrons. The summed E-state index contributed by atoms with van der Waals surface area (Å²) >= 11 is 0. The number of hydrogen-bond donors (Lipinski definition) is 2. The minimum Gasteiger partial charge on any atom is -0.397 e. The van der Waals surface area contributed by atoms with E-state index in [4.69, 9.17) is 10.6 Å². The van der Waals surface area contributed by atoms with Gasteiger partial charge in [-0.1, -0.05) is 27.7 Å². The van der Waals surface area contributed by atoms with Gasteiger partial charge >= 0.3 is 0 Å². The topological polar surface area (TPSA) is 49.5 Å². The summed E-state index contributed by atoms with van der Waals surface area (Å²) < 4.78 is 2.26. The molecule has 0 saturated carbocycles. The first kappa shape index (κ1) is 25.2. The van der Waals surface area contributed by atoms with Crippen LogP contribution >= 0.6 is 8.88 Å². The van der Waals surface area contributed by atoms with Crippen molar-refractivity contribution in [2.24, 2.45) is 5.50 Å². The molecule has 0 aromatic rings. The minimum atomic E-state index is 0.250. The molecule has 16 heavy (non-hydrogen) atoms. The second-order valence-corrected chi connectivity index (χ2v) is 3.81. The normalized spacial score (nSPS) is 9.38. The van der Waals surface area contributed by atoms with E-state index in [9.17, 15) is 0 Å². The highest BCUT2D eigenvalue weighted by atomic mass is 31.1. The standard InChI is InChI=1S/C6H17N2P.C2H6O.2C2H6/c1-5(2)8(9-7)6(3)4;1-2-3;2*1-2/h5-6,9H,7H2,1-4H3;3H,2H2,1H3;2*1-2H3. The molecule has 0 bridgehead atoms. The van der Waals surface area contributed by atoms with Gasteiger partial charge in [-0.3, -0.25) is 10.2 Å². The van der Waals surface area contributed by atoms with Gasteiger partial charge in [-0.05, 0) is 34.6 Å². The van der Waals surface area contributed by atoms with E-state index in [1.54, 1.807) is 6.92 Å². The van der Waals surface area contributed by atoms with E-state index in [-0.39, 0.29) is 6.61 Å². The summed E-state index contributed by atoms with van der Waals surface area (Å²) in [6, 6.07) is 1.15. The summed E-state index contributed by atoms with van der Waals surface area (Å²) in [5, 5.41) is 7.57. The Morgan fingerprint density at radius 3 is 1.19 bits per heavy atom. The molecule has 3 N–H and O–H groups in total. The molecule has 0 aromatic carbocycles. The van der Waals surface area contributed by atoms with E-state index in [2.05, 4.69) is 32.4 Å². The molecule has 0 aliphatic heterocycles. The molecular weight excluding hydrogens is 219 g/mol. The van der Waals surface area contributed by atoms with Crippen molar-refractivity contribution in [3.63, 3.8) is 0 Å². The smallest absolute Gasteiger partial charge is 0.0402 e. The second kappa shape index (κ2) is 24.5. The van der Waals surface area contributed by atoms with Crippen LogP contribution in [0.2, 0.25) is 0 Å². The molecule has 0 rings (SSSR count). The highest BCUT2D eigenvalue weighted by Gasteiger charge is 2.09. The second-order valence-electron chi connectivity index (χ2n) is 3.04. The van der Waals surface area contributed by atoms with Crippen molar-refractivity contribution in [2.45, 2.75) is 74.4 Å². The SMILES string of the molecule is CC.CC.CC(C)N(PN)C(C)C.CCO. The third kappa shape index (κ3) is 23.8. The molecule has 0 heterocycles. The Kier molecular flexibility index (Phi) is 38.6. The number of aliphatic hydroxyl groups excluding tert-OH is 1. The van der Waals surface area contributed by atoms with Gasteiger partial charge in [0.25, 0.3) is 0 Å². The Bertz CT molecular complexity index is 83.1. The highest BCUT2D eigenvalue weighted by molar-refractivity contribution is 7.32. The van der Waals surface area contributed by atoms with Crippen LogP contribution in [0.1, 0.15) is 62.3 Å². The van der Waals surface area contributed by atoms with E-state index < -0.39 is 0 Å². The summed E-state index contributed by atoms with van der Waals surface area (Å²) in [4.78, 5) is 0. The third-order valence-corrected chi connectivity index (χ3v) is 2.59. The lowest BCUT2D eigenvalue weighted by atomic mass is 10.3. The first-order valence-electron chi connectivity index (χ1n) is 6.36. The molecule has 4 heteroatoms. The van der Waals surface area contributed by atoms with Crippen LogP contribution in [-0.4, -0.2) is 28.5 Å². The fourth-order valence-corrected chi connectivity index (χ4v) is 1.49. The summed E-state index contributed by atoms with van der Waals surface area (Å²) in [6.45, 7) is 18.6. The first-order valence-corrected chi connectivity index (χ1v) is 7.39. The Labute approximate surface area is 106 Å². The van der Waals surface area contributed by atoms with Crippen molar-refractivity contribution >= 4 is 8.88 Å². The van der Waals surface area contributed by atoms with E-state index >= 15 is 0 Å². The van der Waals surface area contributed by atoms with Crippen LogP contribution in [-0.2, 0) is 0 Å². The van der Waals surface area contributed by atoms with Crippen LogP contribution in [0.15, 0.2) is 0 Å². The zero-order valence-corrected chi connectivity index (χ0v) is 13.8.